The van der Waals surface area contributed by atoms with E-state index in [0.717, 1.165) is 46.7 Å². The maximum absolute atomic E-state index is 12.6. The number of ether oxygens (including phenoxy) is 2. The van der Waals surface area contributed by atoms with E-state index < -0.39 is 11.7 Å². The predicted octanol–water partition coefficient (Wildman–Crippen LogP) is 4.72. The van der Waals surface area contributed by atoms with E-state index in [0.29, 0.717) is 19.7 Å². The lowest BCUT2D eigenvalue weighted by molar-refractivity contribution is -0.137. The van der Waals surface area contributed by atoms with E-state index in [1.807, 2.05) is 26.0 Å². The molecule has 0 bridgehead atoms. The molecule has 1 aliphatic heterocycles. The molecule has 3 nitrogen and oxygen atoms in total. The Morgan fingerprint density at radius 3 is 2.54 bits per heavy atom. The number of rotatable bonds is 6. The van der Waals surface area contributed by atoms with Gasteiger partial charge in [-0.15, -0.1) is 0 Å². The number of nitrogens with one attached hydrogen (secondary N) is 1. The Labute approximate surface area is 151 Å². The van der Waals surface area contributed by atoms with Crippen LogP contribution in [0.25, 0.3) is 0 Å². The minimum absolute atomic E-state index is 0.162. The molecule has 140 valence electrons. The van der Waals surface area contributed by atoms with Gasteiger partial charge in [0.1, 0.15) is 17.6 Å². The fourth-order valence-electron chi connectivity index (χ4n) is 3.06. The van der Waals surface area contributed by atoms with E-state index >= 15 is 0 Å². The summed E-state index contributed by atoms with van der Waals surface area (Å²) >= 11 is 0. The molecule has 0 spiro atoms. The molecule has 2 aromatic carbocycles. The zero-order valence-corrected chi connectivity index (χ0v) is 14.8. The topological polar surface area (TPSA) is 30.5 Å². The first-order valence-electron chi connectivity index (χ1n) is 8.69. The molecule has 0 saturated heterocycles. The molecule has 6 heteroatoms. The van der Waals surface area contributed by atoms with Crippen LogP contribution in [0.4, 0.5) is 13.2 Å². The van der Waals surface area contributed by atoms with Gasteiger partial charge >= 0.3 is 6.18 Å². The highest BCUT2D eigenvalue weighted by Crippen LogP contribution is 2.35. The summed E-state index contributed by atoms with van der Waals surface area (Å²) in [5.41, 5.74) is 2.28. The van der Waals surface area contributed by atoms with Crippen molar-refractivity contribution in [2.45, 2.75) is 45.6 Å². The quantitative estimate of drug-likeness (QED) is 0.804. The molecule has 2 aromatic rings. The van der Waals surface area contributed by atoms with Gasteiger partial charge in [0.15, 0.2) is 0 Å². The molecule has 0 aliphatic carbocycles. The summed E-state index contributed by atoms with van der Waals surface area (Å²) < 4.78 is 49.3. The van der Waals surface area contributed by atoms with Gasteiger partial charge in [-0.05, 0) is 43.7 Å². The van der Waals surface area contributed by atoms with Crippen LogP contribution in [-0.2, 0) is 25.7 Å². The van der Waals surface area contributed by atoms with Crippen molar-refractivity contribution in [2.75, 3.05) is 6.61 Å². The number of hydrogen-bond acceptors (Lipinski definition) is 3. The Bertz CT molecular complexity index is 757. The molecule has 1 N–H and O–H groups in total. The second kappa shape index (κ2) is 7.58. The lowest BCUT2D eigenvalue weighted by Gasteiger charge is -2.14. The average Bonchev–Trinajstić information content (AvgIpc) is 2.94. The van der Waals surface area contributed by atoms with Crippen molar-refractivity contribution < 1.29 is 22.6 Å². The molecule has 1 heterocycles. The summed E-state index contributed by atoms with van der Waals surface area (Å²) in [4.78, 5) is 0. The first-order chi connectivity index (χ1) is 12.4. The fourth-order valence-corrected chi connectivity index (χ4v) is 3.06. The van der Waals surface area contributed by atoms with E-state index in [9.17, 15) is 13.2 Å². The van der Waals surface area contributed by atoms with Crippen LogP contribution in [0.2, 0.25) is 0 Å². The van der Waals surface area contributed by atoms with Gasteiger partial charge in [-0.3, -0.25) is 0 Å². The van der Waals surface area contributed by atoms with E-state index in [-0.39, 0.29) is 6.10 Å². The first-order valence-corrected chi connectivity index (χ1v) is 8.69. The molecule has 26 heavy (non-hydrogen) atoms. The standard InChI is InChI=1S/C20H22F3NO2/c1-3-25-18-9-15-8-13(2)26-19(15)10-16(18)12-24-11-14-4-6-17(7-5-14)20(21,22)23/h4-7,9-10,13,24H,3,8,11-12H2,1-2H3. The summed E-state index contributed by atoms with van der Waals surface area (Å²) in [6.07, 6.45) is -3.27. The van der Waals surface area contributed by atoms with Gasteiger partial charge < -0.3 is 14.8 Å². The number of halogens is 3. The van der Waals surface area contributed by atoms with Gasteiger partial charge in [0.05, 0.1) is 12.2 Å². The number of fused-ring (bicyclic) bond motifs is 1. The third-order valence-electron chi connectivity index (χ3n) is 4.30. The fraction of sp³-hybridized carbons (Fsp3) is 0.400. The Morgan fingerprint density at radius 2 is 1.88 bits per heavy atom. The van der Waals surface area contributed by atoms with Crippen molar-refractivity contribution in [2.24, 2.45) is 0 Å². The Hall–Kier alpha value is -2.21. The van der Waals surface area contributed by atoms with Crippen LogP contribution < -0.4 is 14.8 Å². The Morgan fingerprint density at radius 1 is 1.15 bits per heavy atom. The highest BCUT2D eigenvalue weighted by Gasteiger charge is 2.29. The van der Waals surface area contributed by atoms with Crippen molar-refractivity contribution in [3.8, 4) is 11.5 Å². The second-order valence-corrected chi connectivity index (χ2v) is 6.43. The molecule has 1 unspecified atom stereocenters. The second-order valence-electron chi connectivity index (χ2n) is 6.43. The van der Waals surface area contributed by atoms with E-state index in [1.165, 1.54) is 12.1 Å². The molecule has 0 fully saturated rings. The smallest absolute Gasteiger partial charge is 0.416 e. The van der Waals surface area contributed by atoms with Crippen LogP contribution in [0.3, 0.4) is 0 Å². The molecular weight excluding hydrogens is 343 g/mol. The largest absolute Gasteiger partial charge is 0.494 e. The third-order valence-corrected chi connectivity index (χ3v) is 4.30. The highest BCUT2D eigenvalue weighted by atomic mass is 19.4. The monoisotopic (exact) mass is 365 g/mol. The van der Waals surface area contributed by atoms with Gasteiger partial charge in [0.25, 0.3) is 0 Å². The zero-order valence-electron chi connectivity index (χ0n) is 14.8. The lowest BCUT2D eigenvalue weighted by atomic mass is 10.1. The van der Waals surface area contributed by atoms with Gasteiger partial charge in [0, 0.05) is 30.6 Å². The maximum Gasteiger partial charge on any atom is 0.416 e. The molecule has 1 atom stereocenters. The summed E-state index contributed by atoms with van der Waals surface area (Å²) in [6, 6.07) is 9.21. The predicted molar refractivity (Wildman–Crippen MR) is 93.4 cm³/mol. The van der Waals surface area contributed by atoms with Gasteiger partial charge in [0.2, 0.25) is 0 Å². The molecule has 0 saturated carbocycles. The van der Waals surface area contributed by atoms with Crippen molar-refractivity contribution >= 4 is 0 Å². The van der Waals surface area contributed by atoms with Crippen LogP contribution in [0.5, 0.6) is 11.5 Å². The first kappa shape index (κ1) is 18.6. The SMILES string of the molecule is CCOc1cc2c(cc1CNCc1ccc(C(F)(F)F)cc1)OC(C)C2. The van der Waals surface area contributed by atoms with Crippen LogP contribution in [0.1, 0.15) is 36.1 Å². The number of alkyl halides is 3. The normalized spacial score (nSPS) is 16.3. The van der Waals surface area contributed by atoms with E-state index in [2.05, 4.69) is 5.32 Å². The van der Waals surface area contributed by atoms with Crippen LogP contribution in [0, 0.1) is 0 Å². The highest BCUT2D eigenvalue weighted by molar-refractivity contribution is 5.48. The number of benzene rings is 2. The molecular formula is C20H22F3NO2. The van der Waals surface area contributed by atoms with Crippen LogP contribution >= 0.6 is 0 Å². The van der Waals surface area contributed by atoms with Gasteiger partial charge in [-0.2, -0.15) is 13.2 Å². The summed E-state index contributed by atoms with van der Waals surface area (Å²) in [6.45, 7) is 5.55. The zero-order chi connectivity index (χ0) is 18.7. The van der Waals surface area contributed by atoms with Gasteiger partial charge in [-0.1, -0.05) is 12.1 Å². The Balaban J connectivity index is 1.65. The van der Waals surface area contributed by atoms with E-state index in [1.54, 1.807) is 0 Å². The lowest BCUT2D eigenvalue weighted by Crippen LogP contribution is -2.14. The van der Waals surface area contributed by atoms with Crippen LogP contribution in [-0.4, -0.2) is 12.7 Å². The number of hydrogen-bond donors (Lipinski definition) is 1. The van der Waals surface area contributed by atoms with Gasteiger partial charge in [-0.25, -0.2) is 0 Å². The van der Waals surface area contributed by atoms with Crippen molar-refractivity contribution in [3.63, 3.8) is 0 Å². The summed E-state index contributed by atoms with van der Waals surface area (Å²) in [5.74, 6) is 1.70. The minimum atomic E-state index is -4.31. The molecule has 1 aliphatic rings. The van der Waals surface area contributed by atoms with Crippen molar-refractivity contribution in [1.29, 1.82) is 0 Å². The van der Waals surface area contributed by atoms with Crippen molar-refractivity contribution in [3.05, 3.63) is 58.7 Å². The van der Waals surface area contributed by atoms with Crippen LogP contribution in [0.15, 0.2) is 36.4 Å². The molecule has 0 aromatic heterocycles. The Kier molecular flexibility index (Phi) is 5.41. The molecule has 3 rings (SSSR count). The van der Waals surface area contributed by atoms with Crippen molar-refractivity contribution in [1.82, 2.24) is 5.32 Å². The summed E-state index contributed by atoms with van der Waals surface area (Å²) in [7, 11) is 0. The average molecular weight is 365 g/mol. The minimum Gasteiger partial charge on any atom is -0.494 e. The molecule has 0 radical (unpaired) electrons. The van der Waals surface area contributed by atoms with E-state index in [4.69, 9.17) is 9.47 Å². The third kappa shape index (κ3) is 4.30. The summed E-state index contributed by atoms with van der Waals surface area (Å²) in [5, 5.41) is 3.26. The molecule has 0 amide bonds. The maximum atomic E-state index is 12.6.